The van der Waals surface area contributed by atoms with E-state index in [1.807, 2.05) is 24.6 Å². The van der Waals surface area contributed by atoms with Crippen LogP contribution in [0, 0.1) is 0 Å². The maximum Gasteiger partial charge on any atom is 0.271 e. The molecule has 5 heteroatoms. The first-order valence-corrected chi connectivity index (χ1v) is 6.25. The SMILES string of the molecule is CCC(C)NC(=O)c1cn(C2CCNC2)cn1. The van der Waals surface area contributed by atoms with E-state index in [1.165, 1.54) is 0 Å². The summed E-state index contributed by atoms with van der Waals surface area (Å²) in [4.78, 5) is 16.0. The summed E-state index contributed by atoms with van der Waals surface area (Å²) >= 11 is 0. The third-order valence-electron chi connectivity index (χ3n) is 3.28. The van der Waals surface area contributed by atoms with Crippen LogP contribution in [-0.2, 0) is 0 Å². The van der Waals surface area contributed by atoms with Gasteiger partial charge in [0.25, 0.3) is 5.91 Å². The fourth-order valence-electron chi connectivity index (χ4n) is 1.95. The van der Waals surface area contributed by atoms with Crippen molar-refractivity contribution in [2.24, 2.45) is 0 Å². The monoisotopic (exact) mass is 236 g/mol. The molecule has 1 amide bonds. The number of nitrogens with one attached hydrogen (secondary N) is 2. The Hall–Kier alpha value is -1.36. The van der Waals surface area contributed by atoms with Gasteiger partial charge in [0.2, 0.25) is 0 Å². The summed E-state index contributed by atoms with van der Waals surface area (Å²) in [6.07, 6.45) is 5.63. The van der Waals surface area contributed by atoms with Gasteiger partial charge in [0.05, 0.1) is 6.33 Å². The summed E-state index contributed by atoms with van der Waals surface area (Å²) in [6.45, 7) is 6.05. The van der Waals surface area contributed by atoms with Gasteiger partial charge < -0.3 is 15.2 Å². The lowest BCUT2D eigenvalue weighted by Gasteiger charge is -2.10. The normalized spacial score (nSPS) is 21.4. The zero-order chi connectivity index (χ0) is 12.3. The van der Waals surface area contributed by atoms with Crippen molar-refractivity contribution < 1.29 is 4.79 Å². The Balaban J connectivity index is 1.99. The van der Waals surface area contributed by atoms with Gasteiger partial charge in [0.15, 0.2) is 0 Å². The van der Waals surface area contributed by atoms with Crippen molar-refractivity contribution in [2.75, 3.05) is 13.1 Å². The van der Waals surface area contributed by atoms with E-state index >= 15 is 0 Å². The van der Waals surface area contributed by atoms with E-state index in [0.29, 0.717) is 11.7 Å². The molecule has 2 heterocycles. The first-order chi connectivity index (χ1) is 8.20. The second kappa shape index (κ2) is 5.31. The summed E-state index contributed by atoms with van der Waals surface area (Å²) in [5.41, 5.74) is 0.511. The van der Waals surface area contributed by atoms with Crippen LogP contribution in [0.3, 0.4) is 0 Å². The quantitative estimate of drug-likeness (QED) is 0.818. The highest BCUT2D eigenvalue weighted by molar-refractivity contribution is 5.92. The zero-order valence-corrected chi connectivity index (χ0v) is 10.4. The maximum absolute atomic E-state index is 11.8. The van der Waals surface area contributed by atoms with Crippen molar-refractivity contribution >= 4 is 5.91 Å². The standard InChI is InChI=1S/C12H20N4O/c1-3-9(2)15-12(17)11-7-16(8-14-11)10-4-5-13-6-10/h7-10,13H,3-6H2,1-2H3,(H,15,17). The van der Waals surface area contributed by atoms with Crippen LogP contribution in [0.4, 0.5) is 0 Å². The van der Waals surface area contributed by atoms with Crippen molar-refractivity contribution in [3.63, 3.8) is 0 Å². The number of rotatable bonds is 4. The van der Waals surface area contributed by atoms with Gasteiger partial charge >= 0.3 is 0 Å². The van der Waals surface area contributed by atoms with Gasteiger partial charge in [-0.15, -0.1) is 0 Å². The van der Waals surface area contributed by atoms with E-state index < -0.39 is 0 Å². The molecular formula is C12H20N4O. The summed E-state index contributed by atoms with van der Waals surface area (Å²) in [5.74, 6) is -0.0796. The van der Waals surface area contributed by atoms with Gasteiger partial charge in [-0.3, -0.25) is 4.79 Å². The minimum absolute atomic E-state index is 0.0796. The first-order valence-electron chi connectivity index (χ1n) is 6.25. The van der Waals surface area contributed by atoms with Crippen molar-refractivity contribution in [1.29, 1.82) is 0 Å². The third-order valence-corrected chi connectivity index (χ3v) is 3.28. The summed E-state index contributed by atoms with van der Waals surface area (Å²) in [7, 11) is 0. The van der Waals surface area contributed by atoms with Crippen LogP contribution in [0.25, 0.3) is 0 Å². The third kappa shape index (κ3) is 2.85. The number of hydrogen-bond acceptors (Lipinski definition) is 3. The predicted octanol–water partition coefficient (Wildman–Crippen LogP) is 0.946. The molecule has 0 aliphatic carbocycles. The number of hydrogen-bond donors (Lipinski definition) is 2. The molecule has 17 heavy (non-hydrogen) atoms. The average Bonchev–Trinajstić information content (AvgIpc) is 2.98. The second-order valence-corrected chi connectivity index (χ2v) is 4.64. The molecule has 0 spiro atoms. The lowest BCUT2D eigenvalue weighted by atomic mass is 10.2. The molecule has 94 valence electrons. The molecule has 2 rings (SSSR count). The van der Waals surface area contributed by atoms with Crippen LogP contribution >= 0.6 is 0 Å². The second-order valence-electron chi connectivity index (χ2n) is 4.64. The van der Waals surface area contributed by atoms with Gasteiger partial charge in [-0.2, -0.15) is 0 Å². The van der Waals surface area contributed by atoms with E-state index in [9.17, 15) is 4.79 Å². The Morgan fingerprint density at radius 3 is 3.24 bits per heavy atom. The lowest BCUT2D eigenvalue weighted by Crippen LogP contribution is -2.32. The molecule has 1 aliphatic heterocycles. The number of amides is 1. The maximum atomic E-state index is 11.8. The minimum Gasteiger partial charge on any atom is -0.348 e. The molecule has 2 atom stereocenters. The molecular weight excluding hydrogens is 216 g/mol. The Morgan fingerprint density at radius 1 is 1.76 bits per heavy atom. The molecule has 5 nitrogen and oxygen atoms in total. The number of aromatic nitrogens is 2. The smallest absolute Gasteiger partial charge is 0.271 e. The van der Waals surface area contributed by atoms with Crippen LogP contribution < -0.4 is 10.6 Å². The molecule has 1 aromatic heterocycles. The molecule has 1 saturated heterocycles. The van der Waals surface area contributed by atoms with Gasteiger partial charge in [0.1, 0.15) is 5.69 Å². The highest BCUT2D eigenvalue weighted by Gasteiger charge is 2.18. The summed E-state index contributed by atoms with van der Waals surface area (Å²) in [6, 6.07) is 0.633. The Bertz CT molecular complexity index is 382. The van der Waals surface area contributed by atoms with Crippen molar-refractivity contribution in [3.05, 3.63) is 18.2 Å². The fourth-order valence-corrected chi connectivity index (χ4v) is 1.95. The van der Waals surface area contributed by atoms with Crippen LogP contribution in [0.1, 0.15) is 43.2 Å². The van der Waals surface area contributed by atoms with Crippen molar-refractivity contribution in [3.8, 4) is 0 Å². The molecule has 2 unspecified atom stereocenters. The van der Waals surface area contributed by atoms with Crippen LogP contribution in [0.5, 0.6) is 0 Å². The van der Waals surface area contributed by atoms with Gasteiger partial charge in [0, 0.05) is 24.8 Å². The molecule has 0 bridgehead atoms. The molecule has 0 aromatic carbocycles. The predicted molar refractivity (Wildman–Crippen MR) is 66.0 cm³/mol. The molecule has 1 aromatic rings. The number of carbonyl (C=O) groups is 1. The summed E-state index contributed by atoms with van der Waals surface area (Å²) in [5, 5.41) is 6.22. The van der Waals surface area contributed by atoms with Crippen molar-refractivity contribution in [1.82, 2.24) is 20.2 Å². The molecule has 0 radical (unpaired) electrons. The number of imidazole rings is 1. The van der Waals surface area contributed by atoms with E-state index in [4.69, 9.17) is 0 Å². The average molecular weight is 236 g/mol. The van der Waals surface area contributed by atoms with Crippen LogP contribution in [0.15, 0.2) is 12.5 Å². The van der Waals surface area contributed by atoms with E-state index in [1.54, 1.807) is 6.33 Å². The number of nitrogens with zero attached hydrogens (tertiary/aromatic N) is 2. The summed E-state index contributed by atoms with van der Waals surface area (Å²) < 4.78 is 2.03. The Morgan fingerprint density at radius 2 is 2.59 bits per heavy atom. The highest BCUT2D eigenvalue weighted by Crippen LogP contribution is 2.15. The van der Waals surface area contributed by atoms with Crippen LogP contribution in [0.2, 0.25) is 0 Å². The largest absolute Gasteiger partial charge is 0.348 e. The Labute approximate surface area is 102 Å². The molecule has 0 saturated carbocycles. The Kier molecular flexibility index (Phi) is 3.78. The van der Waals surface area contributed by atoms with E-state index in [-0.39, 0.29) is 11.9 Å². The van der Waals surface area contributed by atoms with Crippen molar-refractivity contribution in [2.45, 2.75) is 38.8 Å². The molecule has 1 aliphatic rings. The number of carbonyl (C=O) groups excluding carboxylic acids is 1. The van der Waals surface area contributed by atoms with E-state index in [0.717, 1.165) is 25.9 Å². The van der Waals surface area contributed by atoms with Crippen LogP contribution in [-0.4, -0.2) is 34.6 Å². The fraction of sp³-hybridized carbons (Fsp3) is 0.667. The van der Waals surface area contributed by atoms with Gasteiger partial charge in [-0.05, 0) is 26.3 Å². The lowest BCUT2D eigenvalue weighted by molar-refractivity contribution is 0.0934. The molecule has 2 N–H and O–H groups in total. The molecule has 1 fully saturated rings. The highest BCUT2D eigenvalue weighted by atomic mass is 16.1. The minimum atomic E-state index is -0.0796. The first kappa shape index (κ1) is 12.1. The van der Waals surface area contributed by atoms with Gasteiger partial charge in [-0.1, -0.05) is 6.92 Å². The van der Waals surface area contributed by atoms with Gasteiger partial charge in [-0.25, -0.2) is 4.98 Å². The van der Waals surface area contributed by atoms with E-state index in [2.05, 4.69) is 15.6 Å². The zero-order valence-electron chi connectivity index (χ0n) is 10.4. The topological polar surface area (TPSA) is 59.0 Å².